The zero-order chi connectivity index (χ0) is 20.6. The molecule has 21 heteroatoms. The van der Waals surface area contributed by atoms with Crippen LogP contribution in [0.25, 0.3) is 0 Å². The Morgan fingerprint density at radius 2 is 0.348 bits per heavy atom. The Balaban J connectivity index is -0.0000000378. The summed E-state index contributed by atoms with van der Waals surface area (Å²) in [6.45, 7) is 0. The van der Waals surface area contributed by atoms with Gasteiger partial charge in [-0.25, -0.2) is 0 Å². The minimum absolute atomic E-state index is 2.00. The van der Waals surface area contributed by atoms with Gasteiger partial charge in [0.2, 0.25) is 0 Å². The van der Waals surface area contributed by atoms with Crippen LogP contribution >= 0.6 is 0 Å². The molecule has 0 saturated heterocycles. The predicted octanol–water partition coefficient (Wildman–Crippen LogP) is -20.9. The summed E-state index contributed by atoms with van der Waals surface area (Å²) < 4.78 is 0. The molecule has 0 aromatic rings. The second-order valence-corrected chi connectivity index (χ2v) is 2.02. The number of hydrogen-bond acceptors (Lipinski definition) is 15. The molecule has 0 unspecified atom stereocenters. The van der Waals surface area contributed by atoms with Crippen molar-refractivity contribution in [3.63, 3.8) is 0 Å². The molecule has 0 spiro atoms. The SMILES string of the molecule is C[NH2+]C.[O-]B([O-])[O-].[O-]B([O-])[O-].[O-]B([O-])[O-].[O-]B([O-])[O-].[O-]B([O-])[O-]. The molecule has 0 aliphatic rings. The Hall–Kier alpha value is -0.315. The maximum Gasteiger partial charge on any atom is 0.0647 e. The number of quaternary nitrogens is 1. The van der Waals surface area contributed by atoms with Crippen molar-refractivity contribution in [3.8, 4) is 0 Å². The molecule has 0 saturated carbocycles. The zero-order valence-corrected chi connectivity index (χ0v) is 11.6. The van der Waals surface area contributed by atoms with Crippen molar-refractivity contribution in [3.05, 3.63) is 0 Å². The second kappa shape index (κ2) is 37.7. The van der Waals surface area contributed by atoms with E-state index in [2.05, 4.69) is 0 Å². The molecule has 0 atom stereocenters. The summed E-state index contributed by atoms with van der Waals surface area (Å²) >= 11 is 0. The van der Waals surface area contributed by atoms with E-state index in [1.165, 1.54) is 0 Å². The van der Waals surface area contributed by atoms with Gasteiger partial charge in [-0.1, -0.05) is 0 Å². The summed E-state index contributed by atoms with van der Waals surface area (Å²) in [5.74, 6) is 0. The summed E-state index contributed by atoms with van der Waals surface area (Å²) in [7, 11) is -10.6. The molecule has 0 aliphatic carbocycles. The minimum atomic E-state index is -2.92. The molecule has 0 fully saturated rings. The maximum atomic E-state index is 8.42. The Bertz CT molecular complexity index is 101. The highest BCUT2D eigenvalue weighted by Gasteiger charge is 1.29. The molecule has 23 heavy (non-hydrogen) atoms. The van der Waals surface area contributed by atoms with Gasteiger partial charge in [-0.05, 0) is 0 Å². The Morgan fingerprint density at radius 3 is 0.348 bits per heavy atom. The van der Waals surface area contributed by atoms with Crippen LogP contribution in [0.3, 0.4) is 0 Å². The van der Waals surface area contributed by atoms with Gasteiger partial charge in [0.15, 0.2) is 0 Å². The lowest BCUT2D eigenvalue weighted by Gasteiger charge is -2.35. The second-order valence-electron chi connectivity index (χ2n) is 2.02. The first-order valence-electron chi connectivity index (χ1n) is 4.69. The highest BCUT2D eigenvalue weighted by Crippen LogP contribution is 1.01. The summed E-state index contributed by atoms with van der Waals surface area (Å²) in [6, 6.07) is 0. The van der Waals surface area contributed by atoms with Gasteiger partial charge < -0.3 is 80.7 Å². The van der Waals surface area contributed by atoms with E-state index in [1.54, 1.807) is 0 Å². The summed E-state index contributed by atoms with van der Waals surface area (Å²) in [4.78, 5) is 0. The van der Waals surface area contributed by atoms with Crippen molar-refractivity contribution in [2.45, 2.75) is 0 Å². The van der Waals surface area contributed by atoms with E-state index in [0.717, 1.165) is 0 Å². The molecule has 0 radical (unpaired) electrons. The molecule has 16 nitrogen and oxygen atoms in total. The van der Waals surface area contributed by atoms with Gasteiger partial charge in [0.05, 0.1) is 14.1 Å². The molecule has 2 N–H and O–H groups in total. The topological polar surface area (TPSA) is 363 Å². The van der Waals surface area contributed by atoms with Gasteiger partial charge >= 0.3 is 0 Å². The van der Waals surface area contributed by atoms with Crippen molar-refractivity contribution < 1.29 is 80.7 Å². The van der Waals surface area contributed by atoms with E-state index in [9.17, 15) is 0 Å². The average Bonchev–Trinajstić information content (AvgIpc) is 2.11. The largest absolute Gasteiger partial charge is 0.907 e. The molecule has 0 aliphatic heterocycles. The van der Waals surface area contributed by atoms with E-state index >= 15 is 0 Å². The lowest BCUT2D eigenvalue weighted by molar-refractivity contribution is -0.597. The quantitative estimate of drug-likeness (QED) is 0.399. The smallest absolute Gasteiger partial charge is 0.0647 e. The van der Waals surface area contributed by atoms with Crippen LogP contribution in [0.1, 0.15) is 0 Å². The number of nitrogens with two attached hydrogens (primary N) is 1. The lowest BCUT2D eigenvalue weighted by atomic mass is 10.3. The van der Waals surface area contributed by atoms with Crippen molar-refractivity contribution in [1.29, 1.82) is 0 Å². The summed E-state index contributed by atoms with van der Waals surface area (Å²) in [5.41, 5.74) is 0. The first-order chi connectivity index (χ1) is 10.1. The van der Waals surface area contributed by atoms with E-state index in [4.69, 9.17) is 75.4 Å². The van der Waals surface area contributed by atoms with Crippen LogP contribution in [-0.2, 0) is 0 Å². The molecule has 0 aromatic heterocycles. The highest BCUT2D eigenvalue weighted by molar-refractivity contribution is 6.24. The van der Waals surface area contributed by atoms with Crippen molar-refractivity contribution in [2.24, 2.45) is 0 Å². The van der Waals surface area contributed by atoms with Crippen molar-refractivity contribution >= 4 is 36.6 Å². The first kappa shape index (κ1) is 38.3. The number of rotatable bonds is 0. The standard InChI is InChI=1S/C2H7N.5BO3/c1-3-2;5*2-1(3)4/h3H,1-2H3;;;;;/q;5*-3/p+1. The molecule has 0 rings (SSSR count). The van der Waals surface area contributed by atoms with Crippen LogP contribution in [0.15, 0.2) is 0 Å². The van der Waals surface area contributed by atoms with Crippen LogP contribution in [0.4, 0.5) is 0 Å². The fourth-order valence-electron chi connectivity index (χ4n) is 0. The monoisotopic (exact) mass is 341 g/mol. The van der Waals surface area contributed by atoms with Crippen LogP contribution in [0.5, 0.6) is 0 Å². The average molecular weight is 340 g/mol. The molecule has 0 aromatic carbocycles. The van der Waals surface area contributed by atoms with Gasteiger partial charge in [0, 0.05) is 0 Å². The Morgan fingerprint density at radius 1 is 0.348 bits per heavy atom. The maximum absolute atomic E-state index is 8.42. The number of hydrogen-bond donors (Lipinski definition) is 1. The third-order valence-electron chi connectivity index (χ3n) is 0. The predicted molar refractivity (Wildman–Crippen MR) is 42.5 cm³/mol. The van der Waals surface area contributed by atoms with E-state index < -0.39 is 36.6 Å². The lowest BCUT2D eigenvalue weighted by Crippen LogP contribution is -2.74. The van der Waals surface area contributed by atoms with E-state index in [1.807, 2.05) is 19.4 Å². The van der Waals surface area contributed by atoms with Gasteiger partial charge in [0.25, 0.3) is 0 Å². The molecule has 0 amide bonds. The fraction of sp³-hybridized carbons (Fsp3) is 1.00. The third-order valence-corrected chi connectivity index (χ3v) is 0. The van der Waals surface area contributed by atoms with E-state index in [0.29, 0.717) is 0 Å². The molecule has 140 valence electrons. The fourth-order valence-corrected chi connectivity index (χ4v) is 0. The van der Waals surface area contributed by atoms with Gasteiger partial charge in [-0.3, -0.25) is 36.6 Å². The van der Waals surface area contributed by atoms with Crippen LogP contribution in [0.2, 0.25) is 0 Å². The van der Waals surface area contributed by atoms with Gasteiger partial charge in [-0.15, -0.1) is 0 Å². The summed E-state index contributed by atoms with van der Waals surface area (Å²) in [6.07, 6.45) is 0. The molecular formula is C2H8B5NO15-14. The van der Waals surface area contributed by atoms with Gasteiger partial charge in [0.1, 0.15) is 0 Å². The highest BCUT2D eigenvalue weighted by atomic mass is 16.5. The van der Waals surface area contributed by atoms with Gasteiger partial charge in [-0.2, -0.15) is 0 Å². The van der Waals surface area contributed by atoms with E-state index in [-0.39, 0.29) is 0 Å². The van der Waals surface area contributed by atoms with Crippen LogP contribution in [0, 0.1) is 0 Å². The summed E-state index contributed by atoms with van der Waals surface area (Å²) in [5, 5.41) is 128. The first-order valence-corrected chi connectivity index (χ1v) is 4.69. The van der Waals surface area contributed by atoms with Crippen molar-refractivity contribution in [1.82, 2.24) is 0 Å². The molecular weight excluding hydrogens is 332 g/mol. The minimum Gasteiger partial charge on any atom is -0.907 e. The van der Waals surface area contributed by atoms with Crippen LogP contribution in [-0.4, -0.2) is 50.7 Å². The molecule has 0 bridgehead atoms. The van der Waals surface area contributed by atoms with Crippen molar-refractivity contribution in [2.75, 3.05) is 14.1 Å². The third kappa shape index (κ3) is 84500. The Kier molecular flexibility index (Phi) is 62.8. The molecule has 0 heterocycles. The normalized spacial score (nSPS) is 6.65. The Labute approximate surface area is 132 Å². The zero-order valence-electron chi connectivity index (χ0n) is 11.6. The van der Waals surface area contributed by atoms with Crippen LogP contribution < -0.4 is 80.7 Å².